The van der Waals surface area contributed by atoms with E-state index in [-0.39, 0.29) is 41.5 Å². The maximum absolute atomic E-state index is 15.3. The molecule has 5 N–H and O–H groups in total. The number of phenols is 1. The number of carbonyl (C=O) groups is 5. The molecule has 0 heterocycles. The van der Waals surface area contributed by atoms with E-state index in [0.717, 1.165) is 6.07 Å². The lowest BCUT2D eigenvalue weighted by atomic mass is 9.52. The van der Waals surface area contributed by atoms with E-state index < -0.39 is 75.9 Å². The fraction of sp³-hybridized carbons (Fsp3) is 0.593. The van der Waals surface area contributed by atoms with Crippen LogP contribution in [0.1, 0.15) is 48.7 Å². The molecule has 11 heteroatoms. The Bertz CT molecular complexity index is 1250. The molecule has 2 fully saturated rings. The van der Waals surface area contributed by atoms with Crippen LogP contribution in [-0.4, -0.2) is 76.4 Å². The first-order valence-corrected chi connectivity index (χ1v) is 12.6. The number of benzene rings is 1. The minimum absolute atomic E-state index is 0.0450. The summed E-state index contributed by atoms with van der Waals surface area (Å²) in [6, 6.07) is -0.0438. The molecule has 4 rings (SSSR count). The van der Waals surface area contributed by atoms with Crippen molar-refractivity contribution in [2.24, 2.45) is 34.8 Å². The van der Waals surface area contributed by atoms with Crippen molar-refractivity contribution >= 4 is 29.0 Å². The highest BCUT2D eigenvalue weighted by Gasteiger charge is 2.69. The lowest BCUT2D eigenvalue weighted by Crippen LogP contribution is -2.74. The van der Waals surface area contributed by atoms with E-state index in [0.29, 0.717) is 6.54 Å². The fourth-order valence-corrected chi connectivity index (χ4v) is 6.39. The molecule has 1 amide bonds. The number of nitrogens with one attached hydrogen (secondary N) is 1. The zero-order valence-electron chi connectivity index (χ0n) is 22.1. The zero-order chi connectivity index (χ0) is 28.5. The quantitative estimate of drug-likeness (QED) is 0.387. The smallest absolute Gasteiger partial charge is 0.235 e. The van der Waals surface area contributed by atoms with E-state index in [4.69, 9.17) is 5.73 Å². The van der Waals surface area contributed by atoms with Crippen LogP contribution in [0.15, 0.2) is 6.07 Å². The van der Waals surface area contributed by atoms with Gasteiger partial charge in [-0.25, -0.2) is 4.39 Å². The number of amides is 1. The van der Waals surface area contributed by atoms with Gasteiger partial charge in [-0.3, -0.25) is 28.9 Å². The van der Waals surface area contributed by atoms with Gasteiger partial charge in [0.05, 0.1) is 17.5 Å². The van der Waals surface area contributed by atoms with Crippen molar-refractivity contribution in [1.82, 2.24) is 10.2 Å². The number of likely N-dealkylation sites (N-methyl/N-ethyl adjacent to an activating group) is 1. The number of rotatable bonds is 5. The molecule has 38 heavy (non-hydrogen) atoms. The van der Waals surface area contributed by atoms with Crippen LogP contribution in [0.3, 0.4) is 0 Å². The Hall–Kier alpha value is -3.02. The summed E-state index contributed by atoms with van der Waals surface area (Å²) in [7, 11) is 3.00. The van der Waals surface area contributed by atoms with Gasteiger partial charge in [0.2, 0.25) is 5.91 Å². The summed E-state index contributed by atoms with van der Waals surface area (Å²) in [5.41, 5.74) is 2.16. The van der Waals surface area contributed by atoms with Crippen LogP contribution in [0.25, 0.3) is 0 Å². The number of ketones is 4. The van der Waals surface area contributed by atoms with Crippen molar-refractivity contribution in [2.75, 3.05) is 20.6 Å². The van der Waals surface area contributed by atoms with Crippen LogP contribution < -0.4 is 11.1 Å². The zero-order valence-corrected chi connectivity index (χ0v) is 22.1. The maximum Gasteiger partial charge on any atom is 0.235 e. The standard InChI is InChI=1S/C27H34FN3O7/c1-26(2,3)10-30-9-12-8-15(28)13-6-11-7-14-19(31(4)5)22(34)18(25(29)37)24(36)27(14,38)23(35)16(11)21(33)17(13)20(12)32/h8,11,14,16,18-19,30,32,38H,6-7,9-10H2,1-5H3,(H2,29,37)/t11-,14-,16?,18?,19-,27-/m0/s1. The average molecular weight is 532 g/mol. The molecule has 1 aromatic carbocycles. The molecular formula is C27H34FN3O7. The van der Waals surface area contributed by atoms with Crippen LogP contribution in [0.5, 0.6) is 5.75 Å². The number of aromatic hydroxyl groups is 1. The van der Waals surface area contributed by atoms with Gasteiger partial charge in [-0.2, -0.15) is 0 Å². The minimum Gasteiger partial charge on any atom is -0.507 e. The Morgan fingerprint density at radius 1 is 1.21 bits per heavy atom. The predicted octanol–water partition coefficient (Wildman–Crippen LogP) is 0.142. The molecule has 3 aliphatic carbocycles. The van der Waals surface area contributed by atoms with E-state index in [1.807, 2.05) is 20.8 Å². The van der Waals surface area contributed by atoms with Gasteiger partial charge in [0.25, 0.3) is 0 Å². The highest BCUT2D eigenvalue weighted by atomic mass is 19.1. The van der Waals surface area contributed by atoms with Gasteiger partial charge in [0.1, 0.15) is 11.6 Å². The molecule has 206 valence electrons. The Balaban J connectivity index is 1.78. The molecule has 0 aliphatic heterocycles. The molecule has 6 atom stereocenters. The first-order valence-electron chi connectivity index (χ1n) is 12.6. The number of carbonyl (C=O) groups excluding carboxylic acids is 5. The van der Waals surface area contributed by atoms with Gasteiger partial charge >= 0.3 is 0 Å². The lowest BCUT2D eigenvalue weighted by Gasteiger charge is -2.52. The van der Waals surface area contributed by atoms with Crippen molar-refractivity contribution in [2.45, 2.75) is 51.8 Å². The van der Waals surface area contributed by atoms with Crippen molar-refractivity contribution in [3.05, 3.63) is 28.6 Å². The summed E-state index contributed by atoms with van der Waals surface area (Å²) in [5.74, 6) is -12.3. The third kappa shape index (κ3) is 4.17. The van der Waals surface area contributed by atoms with Gasteiger partial charge in [-0.05, 0) is 44.3 Å². The fourth-order valence-electron chi connectivity index (χ4n) is 6.39. The van der Waals surface area contributed by atoms with E-state index in [1.54, 1.807) is 0 Å². The van der Waals surface area contributed by atoms with Crippen LogP contribution in [-0.2, 0) is 32.1 Å². The molecule has 10 nitrogen and oxygen atoms in total. The third-order valence-electron chi connectivity index (χ3n) is 8.06. The number of halogens is 1. The second-order valence-electron chi connectivity index (χ2n) is 12.2. The maximum atomic E-state index is 15.3. The SMILES string of the molecule is CN(C)[C@@H]1C(=O)C(C(N)=O)C(=O)[C@@]2(O)C(=O)C3C(=O)c4c(O)c(CNCC(C)(C)C)cc(F)c4C[C@H]3C[C@@H]12. The first kappa shape index (κ1) is 28.0. The topological polar surface area (TPSA) is 167 Å². The van der Waals surface area contributed by atoms with Gasteiger partial charge < -0.3 is 21.3 Å². The summed E-state index contributed by atoms with van der Waals surface area (Å²) in [6.07, 6.45) is -0.236. The van der Waals surface area contributed by atoms with Crippen LogP contribution in [0.2, 0.25) is 0 Å². The normalized spacial score (nSPS) is 31.2. The van der Waals surface area contributed by atoms with Crippen molar-refractivity contribution < 1.29 is 38.6 Å². The predicted molar refractivity (Wildman–Crippen MR) is 132 cm³/mol. The minimum atomic E-state index is -2.81. The molecule has 0 bridgehead atoms. The number of aliphatic hydroxyl groups is 1. The third-order valence-corrected chi connectivity index (χ3v) is 8.06. The number of hydrogen-bond donors (Lipinski definition) is 4. The lowest BCUT2D eigenvalue weighted by molar-refractivity contribution is -0.181. The molecule has 3 aliphatic rings. The molecule has 1 aromatic rings. The number of nitrogens with two attached hydrogens (primary N) is 1. The highest BCUT2D eigenvalue weighted by Crippen LogP contribution is 2.51. The molecule has 2 unspecified atom stereocenters. The summed E-state index contributed by atoms with van der Waals surface area (Å²) >= 11 is 0. The molecular weight excluding hydrogens is 497 g/mol. The summed E-state index contributed by atoms with van der Waals surface area (Å²) in [4.78, 5) is 67.3. The van der Waals surface area contributed by atoms with Crippen LogP contribution in [0.4, 0.5) is 4.39 Å². The Morgan fingerprint density at radius 2 is 1.84 bits per heavy atom. The van der Waals surface area contributed by atoms with Gasteiger partial charge in [0.15, 0.2) is 34.7 Å². The molecule has 0 aromatic heterocycles. The average Bonchev–Trinajstić information content (AvgIpc) is 2.78. The van der Waals surface area contributed by atoms with Crippen molar-refractivity contribution in [3.63, 3.8) is 0 Å². The van der Waals surface area contributed by atoms with Crippen molar-refractivity contribution in [3.8, 4) is 5.75 Å². The van der Waals surface area contributed by atoms with Crippen molar-refractivity contribution in [1.29, 1.82) is 0 Å². The summed E-state index contributed by atoms with van der Waals surface area (Å²) < 4.78 is 15.3. The van der Waals surface area contributed by atoms with Gasteiger partial charge in [-0.1, -0.05) is 20.8 Å². The monoisotopic (exact) mass is 531 g/mol. The van der Waals surface area contributed by atoms with E-state index >= 15 is 4.39 Å². The second kappa shape index (κ2) is 9.32. The number of hydrogen-bond acceptors (Lipinski definition) is 9. The first-order chi connectivity index (χ1) is 17.5. The molecule has 2 saturated carbocycles. The molecule has 0 spiro atoms. The number of fused-ring (bicyclic) bond motifs is 3. The van der Waals surface area contributed by atoms with Crippen LogP contribution in [0, 0.1) is 34.9 Å². The number of primary amides is 1. The van der Waals surface area contributed by atoms with E-state index in [9.17, 15) is 34.2 Å². The molecule has 0 radical (unpaired) electrons. The second-order valence-corrected chi connectivity index (χ2v) is 12.2. The van der Waals surface area contributed by atoms with Gasteiger partial charge in [0, 0.05) is 30.1 Å². The number of phenolic OH excluding ortho intramolecular Hbond substituents is 1. The van der Waals surface area contributed by atoms with Gasteiger partial charge in [-0.15, -0.1) is 0 Å². The largest absolute Gasteiger partial charge is 0.507 e. The Morgan fingerprint density at radius 3 is 2.39 bits per heavy atom. The number of nitrogens with zero attached hydrogens (tertiary/aromatic N) is 1. The Kier molecular flexibility index (Phi) is 6.87. The summed E-state index contributed by atoms with van der Waals surface area (Å²) in [6.45, 7) is 6.60. The Labute approximate surface area is 219 Å². The number of Topliss-reactive ketones (excluding diaryl/α,β-unsaturated/α-hetero) is 4. The van der Waals surface area contributed by atoms with Crippen LogP contribution >= 0.6 is 0 Å². The van der Waals surface area contributed by atoms with E-state index in [1.165, 1.54) is 19.0 Å². The molecule has 0 saturated heterocycles. The summed E-state index contributed by atoms with van der Waals surface area (Å²) in [5, 5.41) is 25.7. The highest BCUT2D eigenvalue weighted by molar-refractivity contribution is 6.32. The van der Waals surface area contributed by atoms with E-state index in [2.05, 4.69) is 5.32 Å².